The smallest absolute Gasteiger partial charge is 0.350 e. The number of benzene rings is 1. The Hall–Kier alpha value is -3.21. The first-order valence-corrected chi connectivity index (χ1v) is 9.15. The molecule has 2 aromatic rings. The Morgan fingerprint density at radius 3 is 2.75 bits per heavy atom. The first kappa shape index (κ1) is 21.1. The maximum atomic E-state index is 11.8. The molecule has 1 heterocycles. The molecule has 11 heteroatoms. The molecule has 10 nitrogen and oxygen atoms in total. The molecule has 0 aliphatic heterocycles. The molecular weight excluding hydrogens is 388 g/mol. The highest BCUT2D eigenvalue weighted by atomic mass is 32.1. The summed E-state index contributed by atoms with van der Waals surface area (Å²) in [5.74, 6) is -0.150. The van der Waals surface area contributed by atoms with Crippen molar-refractivity contribution in [1.82, 2.24) is 4.98 Å². The van der Waals surface area contributed by atoms with Gasteiger partial charge in [0.15, 0.2) is 5.75 Å². The number of nitrogens with zero attached hydrogens (tertiary/aromatic N) is 3. The Balaban J connectivity index is 2.22. The van der Waals surface area contributed by atoms with Gasteiger partial charge in [-0.3, -0.25) is 15.5 Å². The van der Waals surface area contributed by atoms with Crippen LogP contribution in [0.2, 0.25) is 0 Å². The highest BCUT2D eigenvalue weighted by molar-refractivity contribution is 7.17. The van der Waals surface area contributed by atoms with Crippen LogP contribution in [-0.4, -0.2) is 42.4 Å². The number of ether oxygens (including phenoxy) is 3. The maximum absolute atomic E-state index is 11.8. The molecule has 1 N–H and O–H groups in total. The molecule has 0 aliphatic rings. The van der Waals surface area contributed by atoms with Crippen LogP contribution < -0.4 is 14.9 Å². The third-order valence-electron chi connectivity index (χ3n) is 3.39. The van der Waals surface area contributed by atoms with Gasteiger partial charge < -0.3 is 14.2 Å². The van der Waals surface area contributed by atoms with Crippen molar-refractivity contribution in [3.8, 4) is 11.5 Å². The number of hydrazone groups is 1. The molecule has 0 atom stereocenters. The number of methoxy groups -OCH3 is 1. The van der Waals surface area contributed by atoms with Crippen LogP contribution in [0.1, 0.15) is 34.8 Å². The molecule has 0 bridgehead atoms. The molecule has 1 aromatic carbocycles. The van der Waals surface area contributed by atoms with Crippen molar-refractivity contribution in [1.29, 1.82) is 0 Å². The first-order valence-electron chi connectivity index (χ1n) is 8.34. The van der Waals surface area contributed by atoms with Crippen LogP contribution >= 0.6 is 11.3 Å². The van der Waals surface area contributed by atoms with Crippen LogP contribution in [0.3, 0.4) is 0 Å². The summed E-state index contributed by atoms with van der Waals surface area (Å²) in [5.41, 5.74) is 3.44. The molecule has 0 saturated heterocycles. The van der Waals surface area contributed by atoms with Gasteiger partial charge in [0.1, 0.15) is 4.88 Å². The second-order valence-corrected chi connectivity index (χ2v) is 6.28. The molecule has 28 heavy (non-hydrogen) atoms. The fourth-order valence-electron chi connectivity index (χ4n) is 2.25. The van der Waals surface area contributed by atoms with Gasteiger partial charge in [0.25, 0.3) is 0 Å². The maximum Gasteiger partial charge on any atom is 0.350 e. The summed E-state index contributed by atoms with van der Waals surface area (Å²) < 4.78 is 15.5. The monoisotopic (exact) mass is 408 g/mol. The standard InChI is InChI=1S/C17H20N4O6S/c1-5-26-14-12(21(23)24)7-11(8-13(14)25-4)9-18-20-17-19-10(3)15(28-17)16(22)27-6-2/h7-9H,5-6H2,1-4H3,(H,19,20)/b18-9-. The van der Waals surface area contributed by atoms with E-state index < -0.39 is 10.9 Å². The normalized spacial score (nSPS) is 10.7. The average Bonchev–Trinajstić information content (AvgIpc) is 3.03. The van der Waals surface area contributed by atoms with E-state index in [9.17, 15) is 14.9 Å². The molecule has 0 amide bonds. The molecule has 0 unspecified atom stereocenters. The Labute approximate surface area is 165 Å². The minimum atomic E-state index is -0.548. The number of hydrogen-bond donors (Lipinski definition) is 1. The summed E-state index contributed by atoms with van der Waals surface area (Å²) in [5, 5.41) is 15.7. The van der Waals surface area contributed by atoms with Crippen molar-refractivity contribution in [3.05, 3.63) is 38.4 Å². The van der Waals surface area contributed by atoms with E-state index in [0.29, 0.717) is 21.3 Å². The van der Waals surface area contributed by atoms with Gasteiger partial charge in [-0.2, -0.15) is 5.10 Å². The number of thiazole rings is 1. The highest BCUT2D eigenvalue weighted by Gasteiger charge is 2.21. The number of carbonyl (C=O) groups excluding carboxylic acids is 1. The number of aromatic nitrogens is 1. The third-order valence-corrected chi connectivity index (χ3v) is 4.44. The van der Waals surface area contributed by atoms with Gasteiger partial charge in [0.2, 0.25) is 10.9 Å². The largest absolute Gasteiger partial charge is 0.493 e. The molecule has 0 fully saturated rings. The molecule has 2 rings (SSSR count). The Kier molecular flexibility index (Phi) is 7.27. The zero-order valence-corrected chi connectivity index (χ0v) is 16.7. The Morgan fingerprint density at radius 2 is 2.14 bits per heavy atom. The first-order chi connectivity index (χ1) is 13.4. The number of rotatable bonds is 9. The minimum Gasteiger partial charge on any atom is -0.493 e. The van der Waals surface area contributed by atoms with Crippen LogP contribution in [0, 0.1) is 17.0 Å². The second-order valence-electron chi connectivity index (χ2n) is 5.29. The number of anilines is 1. The molecule has 150 valence electrons. The van der Waals surface area contributed by atoms with E-state index >= 15 is 0 Å². The lowest BCUT2D eigenvalue weighted by atomic mass is 10.2. The Bertz CT molecular complexity index is 896. The van der Waals surface area contributed by atoms with Crippen molar-refractivity contribution < 1.29 is 23.9 Å². The Morgan fingerprint density at radius 1 is 1.39 bits per heavy atom. The molecular formula is C17H20N4O6S. The lowest BCUT2D eigenvalue weighted by molar-refractivity contribution is -0.385. The van der Waals surface area contributed by atoms with E-state index in [1.807, 2.05) is 0 Å². The van der Waals surface area contributed by atoms with Crippen LogP contribution in [0.25, 0.3) is 0 Å². The summed E-state index contributed by atoms with van der Waals surface area (Å²) in [4.78, 5) is 27.2. The summed E-state index contributed by atoms with van der Waals surface area (Å²) >= 11 is 1.10. The van der Waals surface area contributed by atoms with Crippen LogP contribution in [-0.2, 0) is 4.74 Å². The molecule has 0 radical (unpaired) electrons. The number of aryl methyl sites for hydroxylation is 1. The van der Waals surface area contributed by atoms with Gasteiger partial charge in [-0.25, -0.2) is 9.78 Å². The van der Waals surface area contributed by atoms with Crippen molar-refractivity contribution in [2.24, 2.45) is 5.10 Å². The zero-order chi connectivity index (χ0) is 20.7. The summed E-state index contributed by atoms with van der Waals surface area (Å²) in [7, 11) is 1.40. The van der Waals surface area contributed by atoms with Gasteiger partial charge in [-0.15, -0.1) is 0 Å². The summed E-state index contributed by atoms with van der Waals surface area (Å²) in [6.07, 6.45) is 1.38. The molecule has 1 aromatic heterocycles. The van der Waals surface area contributed by atoms with E-state index in [-0.39, 0.29) is 30.4 Å². The quantitative estimate of drug-likeness (QED) is 0.290. The van der Waals surface area contributed by atoms with Crippen molar-refractivity contribution >= 4 is 34.3 Å². The van der Waals surface area contributed by atoms with Gasteiger partial charge in [0, 0.05) is 11.6 Å². The van der Waals surface area contributed by atoms with Gasteiger partial charge >= 0.3 is 11.7 Å². The minimum absolute atomic E-state index is 0.0646. The predicted octanol–water partition coefficient (Wildman–Crippen LogP) is 3.39. The number of nitro benzene ring substituents is 1. The van der Waals surface area contributed by atoms with Crippen LogP contribution in [0.5, 0.6) is 11.5 Å². The van der Waals surface area contributed by atoms with E-state index in [1.54, 1.807) is 26.8 Å². The van der Waals surface area contributed by atoms with E-state index in [0.717, 1.165) is 11.3 Å². The van der Waals surface area contributed by atoms with E-state index in [1.165, 1.54) is 19.4 Å². The summed E-state index contributed by atoms with van der Waals surface area (Å²) in [6.45, 7) is 5.68. The number of carbonyl (C=O) groups is 1. The zero-order valence-electron chi connectivity index (χ0n) is 15.8. The molecule has 0 spiro atoms. The van der Waals surface area contributed by atoms with E-state index in [4.69, 9.17) is 14.2 Å². The van der Waals surface area contributed by atoms with Crippen molar-refractivity contribution in [2.45, 2.75) is 20.8 Å². The van der Waals surface area contributed by atoms with Gasteiger partial charge in [-0.05, 0) is 26.8 Å². The lowest BCUT2D eigenvalue weighted by Crippen LogP contribution is -2.03. The second kappa shape index (κ2) is 9.65. The van der Waals surface area contributed by atoms with Crippen LogP contribution in [0.15, 0.2) is 17.2 Å². The average molecular weight is 408 g/mol. The highest BCUT2D eigenvalue weighted by Crippen LogP contribution is 2.38. The number of nitrogens with one attached hydrogen (secondary N) is 1. The van der Waals surface area contributed by atoms with Crippen molar-refractivity contribution in [2.75, 3.05) is 25.7 Å². The SMILES string of the molecule is CCOC(=O)c1sc(N/N=C\c2cc(OC)c(OCC)c([N+](=O)[O-])c2)nc1C. The number of esters is 1. The number of hydrogen-bond acceptors (Lipinski definition) is 10. The lowest BCUT2D eigenvalue weighted by Gasteiger charge is -2.10. The summed E-state index contributed by atoms with van der Waals surface area (Å²) in [6, 6.07) is 2.90. The fraction of sp³-hybridized carbons (Fsp3) is 0.353. The topological polar surface area (TPSA) is 125 Å². The fourth-order valence-corrected chi connectivity index (χ4v) is 3.06. The van der Waals surface area contributed by atoms with Gasteiger partial charge in [-0.1, -0.05) is 11.3 Å². The van der Waals surface area contributed by atoms with E-state index in [2.05, 4.69) is 15.5 Å². The predicted molar refractivity (Wildman–Crippen MR) is 105 cm³/mol. The molecule has 0 aliphatic carbocycles. The number of nitro groups is 1. The van der Waals surface area contributed by atoms with Crippen LogP contribution in [0.4, 0.5) is 10.8 Å². The van der Waals surface area contributed by atoms with Gasteiger partial charge in [0.05, 0.1) is 37.2 Å². The van der Waals surface area contributed by atoms with Crippen molar-refractivity contribution in [3.63, 3.8) is 0 Å². The molecule has 0 saturated carbocycles. The third kappa shape index (κ3) is 4.94.